The predicted octanol–water partition coefficient (Wildman–Crippen LogP) is 1.78. The summed E-state index contributed by atoms with van der Waals surface area (Å²) in [5.74, 6) is 0.397. The maximum absolute atomic E-state index is 8.85. The summed E-state index contributed by atoms with van der Waals surface area (Å²) in [6, 6.07) is 0. The first kappa shape index (κ1) is 11.0. The van der Waals surface area contributed by atoms with Crippen LogP contribution in [0.2, 0.25) is 0 Å². The van der Waals surface area contributed by atoms with Gasteiger partial charge in [0.1, 0.15) is 0 Å². The molecule has 0 aliphatic heterocycles. The quantitative estimate of drug-likeness (QED) is 0.661. The molecule has 1 fully saturated rings. The topological polar surface area (TPSA) is 32.3 Å². The van der Waals surface area contributed by atoms with Crippen molar-refractivity contribution < 1.29 is 5.11 Å². The van der Waals surface area contributed by atoms with Gasteiger partial charge in [-0.2, -0.15) is 0 Å². The van der Waals surface area contributed by atoms with Crippen LogP contribution in [0.15, 0.2) is 0 Å². The van der Waals surface area contributed by atoms with Gasteiger partial charge in [0.15, 0.2) is 0 Å². The monoisotopic (exact) mass is 185 g/mol. The Labute approximate surface area is 81.7 Å². The number of nitrogens with one attached hydrogen (secondary N) is 1. The van der Waals surface area contributed by atoms with Crippen molar-refractivity contribution in [3.63, 3.8) is 0 Å². The van der Waals surface area contributed by atoms with Crippen LogP contribution in [0, 0.1) is 11.3 Å². The van der Waals surface area contributed by atoms with Crippen molar-refractivity contribution in [1.82, 2.24) is 5.32 Å². The van der Waals surface area contributed by atoms with Crippen LogP contribution in [-0.4, -0.2) is 24.8 Å². The van der Waals surface area contributed by atoms with Crippen LogP contribution in [0.25, 0.3) is 0 Å². The van der Waals surface area contributed by atoms with Gasteiger partial charge in [0, 0.05) is 13.2 Å². The third-order valence-corrected chi connectivity index (χ3v) is 3.47. The molecule has 2 nitrogen and oxygen atoms in total. The van der Waals surface area contributed by atoms with Crippen molar-refractivity contribution in [2.45, 2.75) is 39.5 Å². The lowest BCUT2D eigenvalue weighted by atomic mass is 9.67. The summed E-state index contributed by atoms with van der Waals surface area (Å²) in [5.41, 5.74) is 0.606. The van der Waals surface area contributed by atoms with Crippen LogP contribution in [0.4, 0.5) is 0 Å². The Morgan fingerprint density at radius 1 is 1.46 bits per heavy atom. The molecule has 0 saturated heterocycles. The van der Waals surface area contributed by atoms with Gasteiger partial charge in [-0.25, -0.2) is 0 Å². The summed E-state index contributed by atoms with van der Waals surface area (Å²) in [5, 5.41) is 12.3. The van der Waals surface area contributed by atoms with Crippen molar-refractivity contribution in [3.8, 4) is 0 Å². The van der Waals surface area contributed by atoms with Crippen LogP contribution in [0.1, 0.15) is 39.5 Å². The Bertz CT molecular complexity index is 138. The molecule has 2 N–H and O–H groups in total. The van der Waals surface area contributed by atoms with E-state index < -0.39 is 0 Å². The second kappa shape index (κ2) is 4.97. The number of rotatable bonds is 6. The van der Waals surface area contributed by atoms with Gasteiger partial charge in [-0.15, -0.1) is 0 Å². The highest BCUT2D eigenvalue weighted by atomic mass is 16.3. The minimum Gasteiger partial charge on any atom is -0.396 e. The van der Waals surface area contributed by atoms with E-state index in [1.165, 1.54) is 25.7 Å². The zero-order valence-corrected chi connectivity index (χ0v) is 8.97. The highest BCUT2D eigenvalue weighted by Gasteiger charge is 2.34. The lowest BCUT2D eigenvalue weighted by Gasteiger charge is -2.41. The van der Waals surface area contributed by atoms with Crippen LogP contribution in [-0.2, 0) is 0 Å². The lowest BCUT2D eigenvalue weighted by Crippen LogP contribution is -2.40. The minimum absolute atomic E-state index is 0.298. The predicted molar refractivity (Wildman–Crippen MR) is 55.7 cm³/mol. The fraction of sp³-hybridized carbons (Fsp3) is 1.00. The first-order chi connectivity index (χ1) is 6.22. The third kappa shape index (κ3) is 2.96. The number of aliphatic hydroxyl groups is 1. The molecule has 1 atom stereocenters. The number of hydrogen-bond acceptors (Lipinski definition) is 2. The largest absolute Gasteiger partial charge is 0.396 e. The molecule has 2 heteroatoms. The van der Waals surface area contributed by atoms with Gasteiger partial charge in [0.05, 0.1) is 0 Å². The first-order valence-corrected chi connectivity index (χ1v) is 5.54. The standard InChI is InChI=1S/C11H23NO/c1-3-11(5-4-6-11)9-12-7-10(2)8-13/h10,12-13H,3-9H2,1-2H3. The summed E-state index contributed by atoms with van der Waals surface area (Å²) in [4.78, 5) is 0. The third-order valence-electron chi connectivity index (χ3n) is 3.47. The molecular weight excluding hydrogens is 162 g/mol. The van der Waals surface area contributed by atoms with Crippen LogP contribution >= 0.6 is 0 Å². The average molecular weight is 185 g/mol. The molecule has 1 aliphatic rings. The van der Waals surface area contributed by atoms with Crippen molar-refractivity contribution in [3.05, 3.63) is 0 Å². The van der Waals surface area contributed by atoms with E-state index in [9.17, 15) is 0 Å². The molecular formula is C11H23NO. The van der Waals surface area contributed by atoms with E-state index in [1.54, 1.807) is 0 Å². The van der Waals surface area contributed by atoms with E-state index >= 15 is 0 Å². The van der Waals surface area contributed by atoms with Crippen molar-refractivity contribution in [2.24, 2.45) is 11.3 Å². The maximum atomic E-state index is 8.85. The Hall–Kier alpha value is -0.0800. The molecule has 0 aromatic rings. The minimum atomic E-state index is 0.298. The van der Waals surface area contributed by atoms with E-state index in [0.717, 1.165) is 13.1 Å². The summed E-state index contributed by atoms with van der Waals surface area (Å²) >= 11 is 0. The van der Waals surface area contributed by atoms with Gasteiger partial charge in [-0.1, -0.05) is 20.3 Å². The molecule has 0 aromatic heterocycles. The molecule has 0 radical (unpaired) electrons. The number of hydrogen-bond donors (Lipinski definition) is 2. The Balaban J connectivity index is 2.10. The normalized spacial score (nSPS) is 22.4. The number of aliphatic hydroxyl groups excluding tert-OH is 1. The SMILES string of the molecule is CCC1(CNCC(C)CO)CCC1. The van der Waals surface area contributed by atoms with Crippen molar-refractivity contribution in [1.29, 1.82) is 0 Å². The molecule has 1 aliphatic carbocycles. The Kier molecular flexibility index (Phi) is 4.20. The van der Waals surface area contributed by atoms with E-state index in [0.29, 0.717) is 17.9 Å². The van der Waals surface area contributed by atoms with Gasteiger partial charge in [0.2, 0.25) is 0 Å². The van der Waals surface area contributed by atoms with E-state index in [4.69, 9.17) is 5.11 Å². The molecule has 0 amide bonds. The molecule has 1 unspecified atom stereocenters. The van der Waals surface area contributed by atoms with E-state index in [1.807, 2.05) is 0 Å². The molecule has 78 valence electrons. The molecule has 0 heterocycles. The van der Waals surface area contributed by atoms with Gasteiger partial charge >= 0.3 is 0 Å². The molecule has 0 bridgehead atoms. The molecule has 1 saturated carbocycles. The summed E-state index contributed by atoms with van der Waals surface area (Å²) in [6.45, 7) is 6.76. The summed E-state index contributed by atoms with van der Waals surface area (Å²) in [7, 11) is 0. The van der Waals surface area contributed by atoms with Gasteiger partial charge in [-0.05, 0) is 37.1 Å². The van der Waals surface area contributed by atoms with Gasteiger partial charge in [0.25, 0.3) is 0 Å². The second-order valence-corrected chi connectivity index (χ2v) is 4.63. The van der Waals surface area contributed by atoms with Crippen molar-refractivity contribution in [2.75, 3.05) is 19.7 Å². The maximum Gasteiger partial charge on any atom is 0.0468 e. The van der Waals surface area contributed by atoms with Gasteiger partial charge < -0.3 is 10.4 Å². The molecule has 13 heavy (non-hydrogen) atoms. The van der Waals surface area contributed by atoms with Crippen LogP contribution in [0.5, 0.6) is 0 Å². The second-order valence-electron chi connectivity index (χ2n) is 4.63. The fourth-order valence-corrected chi connectivity index (χ4v) is 1.98. The van der Waals surface area contributed by atoms with E-state index in [2.05, 4.69) is 19.2 Å². The summed E-state index contributed by atoms with van der Waals surface area (Å²) in [6.07, 6.45) is 5.49. The smallest absolute Gasteiger partial charge is 0.0468 e. The zero-order valence-electron chi connectivity index (χ0n) is 8.97. The highest BCUT2D eigenvalue weighted by molar-refractivity contribution is 4.88. The zero-order chi connectivity index (χ0) is 9.73. The Morgan fingerprint density at radius 2 is 2.15 bits per heavy atom. The van der Waals surface area contributed by atoms with Crippen LogP contribution < -0.4 is 5.32 Å². The first-order valence-electron chi connectivity index (χ1n) is 5.54. The molecule has 0 spiro atoms. The van der Waals surface area contributed by atoms with Gasteiger partial charge in [-0.3, -0.25) is 0 Å². The van der Waals surface area contributed by atoms with E-state index in [-0.39, 0.29) is 0 Å². The summed E-state index contributed by atoms with van der Waals surface area (Å²) < 4.78 is 0. The average Bonchev–Trinajstić information content (AvgIpc) is 2.09. The molecule has 0 aromatic carbocycles. The van der Waals surface area contributed by atoms with Crippen LogP contribution in [0.3, 0.4) is 0 Å². The highest BCUT2D eigenvalue weighted by Crippen LogP contribution is 2.42. The fourth-order valence-electron chi connectivity index (χ4n) is 1.98. The Morgan fingerprint density at radius 3 is 2.54 bits per heavy atom. The van der Waals surface area contributed by atoms with Crippen molar-refractivity contribution >= 4 is 0 Å². The molecule has 1 rings (SSSR count). The lowest BCUT2D eigenvalue weighted by molar-refractivity contribution is 0.120.